The molecule has 1 heterocycles. The van der Waals surface area contributed by atoms with Gasteiger partial charge in [0, 0.05) is 7.05 Å². The van der Waals surface area contributed by atoms with Crippen molar-refractivity contribution in [2.24, 2.45) is 7.05 Å². The molecule has 0 saturated carbocycles. The molecular weight excluding hydrogens is 168 g/mol. The largest absolute Gasteiger partial charge is 0.508 e. The second-order valence-electron chi connectivity index (χ2n) is 2.83. The van der Waals surface area contributed by atoms with E-state index in [9.17, 15) is 5.11 Å². The number of aromatic hydroxyl groups is 1. The third kappa shape index (κ3) is 1.11. The molecule has 0 fully saturated rings. The van der Waals surface area contributed by atoms with Crippen molar-refractivity contribution in [3.63, 3.8) is 0 Å². The molecule has 0 aliphatic heterocycles. The summed E-state index contributed by atoms with van der Waals surface area (Å²) in [6, 6.07) is 5.00. The maximum absolute atomic E-state index is 9.27. The van der Waals surface area contributed by atoms with Crippen LogP contribution in [0.2, 0.25) is 0 Å². The topological polar surface area (TPSA) is 47.3 Å². The van der Waals surface area contributed by atoms with Crippen LogP contribution in [0.5, 0.6) is 11.6 Å². The van der Waals surface area contributed by atoms with Crippen LogP contribution in [0, 0.1) is 0 Å². The van der Waals surface area contributed by atoms with Crippen molar-refractivity contribution in [2.75, 3.05) is 7.11 Å². The number of rotatable bonds is 1. The van der Waals surface area contributed by atoms with Gasteiger partial charge in [-0.05, 0) is 18.2 Å². The smallest absolute Gasteiger partial charge is 0.219 e. The molecular formula is C9H10N2O2. The maximum atomic E-state index is 9.27. The van der Waals surface area contributed by atoms with Crippen LogP contribution in [0.4, 0.5) is 0 Å². The summed E-state index contributed by atoms with van der Waals surface area (Å²) >= 11 is 0. The van der Waals surface area contributed by atoms with E-state index in [1.54, 1.807) is 37.0 Å². The zero-order valence-electron chi connectivity index (χ0n) is 7.48. The van der Waals surface area contributed by atoms with E-state index in [0.29, 0.717) is 5.88 Å². The van der Waals surface area contributed by atoms with Gasteiger partial charge in [0.05, 0.1) is 18.0 Å². The van der Waals surface area contributed by atoms with Gasteiger partial charge in [0.25, 0.3) is 0 Å². The Kier molecular flexibility index (Phi) is 1.62. The number of phenols is 1. The van der Waals surface area contributed by atoms with E-state index >= 15 is 0 Å². The summed E-state index contributed by atoms with van der Waals surface area (Å²) in [5.41, 5.74) is 0.817. The molecule has 4 nitrogen and oxygen atoms in total. The van der Waals surface area contributed by atoms with Crippen LogP contribution in [0.3, 0.4) is 0 Å². The first-order valence-electron chi connectivity index (χ1n) is 3.92. The lowest BCUT2D eigenvalue weighted by Gasteiger charge is -1.98. The predicted octanol–water partition coefficient (Wildman–Crippen LogP) is 1.29. The standard InChI is InChI=1S/C9H10N2O2/c1-11-9(13-2)7-5-6(12)3-4-8(7)10-11/h3-5,12H,1-2H3. The molecule has 0 aliphatic carbocycles. The van der Waals surface area contributed by atoms with E-state index in [1.807, 2.05) is 0 Å². The number of ether oxygens (including phenoxy) is 1. The highest BCUT2D eigenvalue weighted by molar-refractivity contribution is 5.85. The number of hydrogen-bond acceptors (Lipinski definition) is 3. The van der Waals surface area contributed by atoms with Gasteiger partial charge in [-0.3, -0.25) is 0 Å². The average Bonchev–Trinajstić information content (AvgIpc) is 2.40. The summed E-state index contributed by atoms with van der Waals surface area (Å²) in [6.45, 7) is 0. The van der Waals surface area contributed by atoms with E-state index < -0.39 is 0 Å². The van der Waals surface area contributed by atoms with Crippen molar-refractivity contribution >= 4 is 10.9 Å². The highest BCUT2D eigenvalue weighted by Crippen LogP contribution is 2.27. The van der Waals surface area contributed by atoms with Crippen molar-refractivity contribution < 1.29 is 9.84 Å². The minimum Gasteiger partial charge on any atom is -0.508 e. The predicted molar refractivity (Wildman–Crippen MR) is 48.9 cm³/mol. The van der Waals surface area contributed by atoms with Crippen LogP contribution in [0.25, 0.3) is 10.9 Å². The molecule has 0 atom stereocenters. The summed E-state index contributed by atoms with van der Waals surface area (Å²) in [4.78, 5) is 0. The van der Waals surface area contributed by atoms with Gasteiger partial charge in [-0.25, -0.2) is 4.68 Å². The molecule has 0 saturated heterocycles. The Morgan fingerprint density at radius 1 is 1.46 bits per heavy atom. The fourth-order valence-corrected chi connectivity index (χ4v) is 1.41. The average molecular weight is 178 g/mol. The number of fused-ring (bicyclic) bond motifs is 1. The quantitative estimate of drug-likeness (QED) is 0.715. The molecule has 0 aliphatic rings. The zero-order chi connectivity index (χ0) is 9.42. The number of nitrogens with zero attached hydrogens (tertiary/aromatic N) is 2. The third-order valence-electron chi connectivity index (χ3n) is 1.96. The lowest BCUT2D eigenvalue weighted by Crippen LogP contribution is -1.94. The maximum Gasteiger partial charge on any atom is 0.219 e. The summed E-state index contributed by atoms with van der Waals surface area (Å²) in [5.74, 6) is 0.879. The molecule has 4 heteroatoms. The molecule has 2 rings (SSSR count). The molecule has 1 aromatic carbocycles. The van der Waals surface area contributed by atoms with Gasteiger partial charge in [-0.2, -0.15) is 5.10 Å². The van der Waals surface area contributed by atoms with Crippen molar-refractivity contribution in [3.8, 4) is 11.6 Å². The second-order valence-corrected chi connectivity index (χ2v) is 2.83. The molecule has 2 aromatic rings. The summed E-state index contributed by atoms with van der Waals surface area (Å²) in [6.07, 6.45) is 0. The Morgan fingerprint density at radius 3 is 2.92 bits per heavy atom. The van der Waals surface area contributed by atoms with Crippen LogP contribution >= 0.6 is 0 Å². The fraction of sp³-hybridized carbons (Fsp3) is 0.222. The molecule has 0 unspecified atom stereocenters. The minimum absolute atomic E-state index is 0.221. The van der Waals surface area contributed by atoms with E-state index in [1.165, 1.54) is 0 Å². The second kappa shape index (κ2) is 2.65. The molecule has 1 N–H and O–H groups in total. The summed E-state index contributed by atoms with van der Waals surface area (Å²) in [7, 11) is 3.39. The highest BCUT2D eigenvalue weighted by atomic mass is 16.5. The molecule has 13 heavy (non-hydrogen) atoms. The first-order chi connectivity index (χ1) is 6.22. The molecule has 0 bridgehead atoms. The van der Waals surface area contributed by atoms with Crippen LogP contribution in [0.15, 0.2) is 18.2 Å². The van der Waals surface area contributed by atoms with Gasteiger partial charge < -0.3 is 9.84 Å². The Bertz CT molecular complexity index is 448. The molecule has 1 aromatic heterocycles. The van der Waals surface area contributed by atoms with Gasteiger partial charge in [0.1, 0.15) is 5.75 Å². The van der Waals surface area contributed by atoms with Crippen molar-refractivity contribution in [3.05, 3.63) is 18.2 Å². The number of benzene rings is 1. The number of methoxy groups -OCH3 is 1. The summed E-state index contributed by atoms with van der Waals surface area (Å²) < 4.78 is 6.79. The monoisotopic (exact) mass is 178 g/mol. The first-order valence-corrected chi connectivity index (χ1v) is 3.92. The van der Waals surface area contributed by atoms with Gasteiger partial charge in [0.2, 0.25) is 5.88 Å². The van der Waals surface area contributed by atoms with Gasteiger partial charge >= 0.3 is 0 Å². The van der Waals surface area contributed by atoms with Crippen LogP contribution < -0.4 is 4.74 Å². The van der Waals surface area contributed by atoms with E-state index in [0.717, 1.165) is 10.9 Å². The molecule has 0 radical (unpaired) electrons. The van der Waals surface area contributed by atoms with E-state index in [4.69, 9.17) is 4.74 Å². The van der Waals surface area contributed by atoms with Gasteiger partial charge in [-0.1, -0.05) is 0 Å². The number of phenolic OH excluding ortho intramolecular Hbond substituents is 1. The van der Waals surface area contributed by atoms with E-state index in [2.05, 4.69) is 5.10 Å². The summed E-state index contributed by atoms with van der Waals surface area (Å²) in [5, 5.41) is 14.3. The van der Waals surface area contributed by atoms with Crippen LogP contribution in [-0.4, -0.2) is 22.0 Å². The van der Waals surface area contributed by atoms with Crippen molar-refractivity contribution in [2.45, 2.75) is 0 Å². The lowest BCUT2D eigenvalue weighted by atomic mass is 10.2. The highest BCUT2D eigenvalue weighted by Gasteiger charge is 2.08. The molecule has 68 valence electrons. The molecule has 0 amide bonds. The van der Waals surface area contributed by atoms with Gasteiger partial charge in [-0.15, -0.1) is 0 Å². The van der Waals surface area contributed by atoms with Crippen molar-refractivity contribution in [1.29, 1.82) is 0 Å². The first kappa shape index (κ1) is 7.91. The SMILES string of the molecule is COc1c2cc(O)ccc2nn1C. The fourth-order valence-electron chi connectivity index (χ4n) is 1.41. The lowest BCUT2D eigenvalue weighted by molar-refractivity contribution is 0.377. The number of hydrogen-bond donors (Lipinski definition) is 1. The van der Waals surface area contributed by atoms with Crippen LogP contribution in [-0.2, 0) is 7.05 Å². The Hall–Kier alpha value is -1.71. The Morgan fingerprint density at radius 2 is 2.23 bits per heavy atom. The normalized spacial score (nSPS) is 10.6. The zero-order valence-corrected chi connectivity index (χ0v) is 7.48. The van der Waals surface area contributed by atoms with Crippen LogP contribution in [0.1, 0.15) is 0 Å². The molecule has 0 spiro atoms. The van der Waals surface area contributed by atoms with Crippen molar-refractivity contribution in [1.82, 2.24) is 9.78 Å². The number of aromatic nitrogens is 2. The number of aryl methyl sites for hydroxylation is 1. The van der Waals surface area contributed by atoms with Gasteiger partial charge in [0.15, 0.2) is 0 Å². The Balaban J connectivity index is 2.80. The van der Waals surface area contributed by atoms with E-state index in [-0.39, 0.29) is 5.75 Å². The Labute approximate surface area is 75.4 Å². The third-order valence-corrected chi connectivity index (χ3v) is 1.96. The minimum atomic E-state index is 0.221.